The Morgan fingerprint density at radius 2 is 1.95 bits per heavy atom. The molecule has 1 aliphatic rings. The van der Waals surface area contributed by atoms with Gasteiger partial charge in [-0.1, -0.05) is 17.7 Å². The summed E-state index contributed by atoms with van der Waals surface area (Å²) in [5.74, 6) is -0.479. The molecule has 6 heteroatoms. The predicted molar refractivity (Wildman–Crippen MR) is 83.3 cm³/mol. The zero-order chi connectivity index (χ0) is 16.1. The lowest BCUT2D eigenvalue weighted by Gasteiger charge is -2.21. The summed E-state index contributed by atoms with van der Waals surface area (Å²) in [7, 11) is 1.57. The maximum Gasteiger partial charge on any atom is 0.243 e. The van der Waals surface area contributed by atoms with Gasteiger partial charge in [-0.15, -0.1) is 0 Å². The SMILES string of the molecule is Cc1ccc(NC(=O)CN(C)C(=O)CN2CCCC2=O)cc1. The second kappa shape index (κ2) is 7.06. The maximum atomic E-state index is 12.0. The largest absolute Gasteiger partial charge is 0.335 e. The van der Waals surface area contributed by atoms with Gasteiger partial charge in [0.1, 0.15) is 0 Å². The van der Waals surface area contributed by atoms with Crippen molar-refractivity contribution in [2.45, 2.75) is 19.8 Å². The highest BCUT2D eigenvalue weighted by Crippen LogP contribution is 2.10. The van der Waals surface area contributed by atoms with Gasteiger partial charge in [0.25, 0.3) is 0 Å². The van der Waals surface area contributed by atoms with Gasteiger partial charge in [-0.05, 0) is 25.5 Å². The molecule has 1 N–H and O–H groups in total. The summed E-state index contributed by atoms with van der Waals surface area (Å²) in [6.45, 7) is 2.60. The van der Waals surface area contributed by atoms with Crippen LogP contribution in [-0.2, 0) is 14.4 Å². The number of likely N-dealkylation sites (N-methyl/N-ethyl adjacent to an activating group) is 1. The van der Waals surface area contributed by atoms with Gasteiger partial charge in [-0.2, -0.15) is 0 Å². The van der Waals surface area contributed by atoms with Gasteiger partial charge in [0.15, 0.2) is 0 Å². The van der Waals surface area contributed by atoms with Crippen LogP contribution in [-0.4, -0.2) is 54.2 Å². The fourth-order valence-corrected chi connectivity index (χ4v) is 2.30. The molecule has 0 spiro atoms. The smallest absolute Gasteiger partial charge is 0.243 e. The summed E-state index contributed by atoms with van der Waals surface area (Å²) >= 11 is 0. The van der Waals surface area contributed by atoms with Crippen molar-refractivity contribution >= 4 is 23.4 Å². The Morgan fingerprint density at radius 3 is 2.55 bits per heavy atom. The van der Waals surface area contributed by atoms with Crippen LogP contribution in [0, 0.1) is 6.92 Å². The third kappa shape index (κ3) is 4.31. The number of likely N-dealkylation sites (tertiary alicyclic amines) is 1. The zero-order valence-electron chi connectivity index (χ0n) is 13.0. The number of carbonyl (C=O) groups excluding carboxylic acids is 3. The van der Waals surface area contributed by atoms with E-state index < -0.39 is 0 Å². The number of benzene rings is 1. The molecule has 0 saturated carbocycles. The molecule has 0 atom stereocenters. The molecule has 0 bridgehead atoms. The summed E-state index contributed by atoms with van der Waals surface area (Å²) in [6.07, 6.45) is 1.30. The Hall–Kier alpha value is -2.37. The molecule has 0 unspecified atom stereocenters. The predicted octanol–water partition coefficient (Wildman–Crippen LogP) is 1.01. The first kappa shape index (κ1) is 16.0. The van der Waals surface area contributed by atoms with Crippen LogP contribution in [0.4, 0.5) is 5.69 Å². The molecule has 0 aliphatic carbocycles. The molecule has 0 aromatic heterocycles. The molecular formula is C16H21N3O3. The highest BCUT2D eigenvalue weighted by molar-refractivity contribution is 5.95. The van der Waals surface area contributed by atoms with Crippen molar-refractivity contribution in [1.82, 2.24) is 9.80 Å². The summed E-state index contributed by atoms with van der Waals surface area (Å²) in [4.78, 5) is 38.3. The minimum absolute atomic E-state index is 0.00542. The van der Waals surface area contributed by atoms with Gasteiger partial charge >= 0.3 is 0 Å². The van der Waals surface area contributed by atoms with Crippen LogP contribution in [0.3, 0.4) is 0 Å². The number of rotatable bonds is 5. The van der Waals surface area contributed by atoms with Crippen molar-refractivity contribution in [3.63, 3.8) is 0 Å². The van der Waals surface area contributed by atoms with Crippen LogP contribution in [0.25, 0.3) is 0 Å². The van der Waals surface area contributed by atoms with E-state index >= 15 is 0 Å². The van der Waals surface area contributed by atoms with Crippen molar-refractivity contribution in [3.8, 4) is 0 Å². The molecule has 1 fully saturated rings. The first-order valence-corrected chi connectivity index (χ1v) is 7.34. The average molecular weight is 303 g/mol. The van der Waals surface area contributed by atoms with Gasteiger partial charge < -0.3 is 15.1 Å². The number of nitrogens with one attached hydrogen (secondary N) is 1. The molecule has 22 heavy (non-hydrogen) atoms. The Kier molecular flexibility index (Phi) is 5.14. The van der Waals surface area contributed by atoms with Gasteiger partial charge in [-0.25, -0.2) is 0 Å². The van der Waals surface area contributed by atoms with E-state index in [2.05, 4.69) is 5.32 Å². The third-order valence-electron chi connectivity index (χ3n) is 3.64. The van der Waals surface area contributed by atoms with E-state index in [1.54, 1.807) is 7.05 Å². The van der Waals surface area contributed by atoms with Gasteiger partial charge in [-0.3, -0.25) is 14.4 Å². The molecule has 3 amide bonds. The number of nitrogens with zero attached hydrogens (tertiary/aromatic N) is 2. The quantitative estimate of drug-likeness (QED) is 0.883. The maximum absolute atomic E-state index is 12.0. The summed E-state index contributed by atoms with van der Waals surface area (Å²) in [5, 5.41) is 2.74. The number of aryl methyl sites for hydroxylation is 1. The van der Waals surface area contributed by atoms with Crippen LogP contribution in [0.2, 0.25) is 0 Å². The topological polar surface area (TPSA) is 69.7 Å². The average Bonchev–Trinajstić information content (AvgIpc) is 2.86. The first-order chi connectivity index (χ1) is 10.5. The van der Waals surface area contributed by atoms with E-state index in [1.165, 1.54) is 9.80 Å². The van der Waals surface area contributed by atoms with Crippen molar-refractivity contribution in [2.24, 2.45) is 0 Å². The van der Waals surface area contributed by atoms with E-state index in [9.17, 15) is 14.4 Å². The molecule has 1 aromatic rings. The van der Waals surface area contributed by atoms with Crippen LogP contribution >= 0.6 is 0 Å². The van der Waals surface area contributed by atoms with E-state index in [1.807, 2.05) is 31.2 Å². The fourth-order valence-electron chi connectivity index (χ4n) is 2.30. The van der Waals surface area contributed by atoms with E-state index in [0.717, 1.165) is 12.0 Å². The standard InChI is InChI=1S/C16H21N3O3/c1-12-5-7-13(8-6-12)17-14(20)10-18(2)16(22)11-19-9-3-4-15(19)21/h5-8H,3-4,9-11H2,1-2H3,(H,17,20). The van der Waals surface area contributed by atoms with E-state index in [0.29, 0.717) is 18.7 Å². The lowest BCUT2D eigenvalue weighted by atomic mass is 10.2. The normalized spacial score (nSPS) is 14.1. The minimum Gasteiger partial charge on any atom is -0.335 e. The van der Waals surface area contributed by atoms with Gasteiger partial charge in [0, 0.05) is 25.7 Å². The Balaban J connectivity index is 1.81. The van der Waals surface area contributed by atoms with Crippen molar-refractivity contribution in [2.75, 3.05) is 32.0 Å². The molecule has 2 rings (SSSR count). The number of hydrogen-bond donors (Lipinski definition) is 1. The molecule has 6 nitrogen and oxygen atoms in total. The second-order valence-electron chi connectivity index (χ2n) is 5.58. The molecule has 1 saturated heterocycles. The highest BCUT2D eigenvalue weighted by Gasteiger charge is 2.24. The van der Waals surface area contributed by atoms with Crippen LogP contribution in [0.5, 0.6) is 0 Å². The Morgan fingerprint density at radius 1 is 1.27 bits per heavy atom. The summed E-state index contributed by atoms with van der Waals surface area (Å²) in [5.41, 5.74) is 1.81. The molecular weight excluding hydrogens is 282 g/mol. The van der Waals surface area contributed by atoms with E-state index in [-0.39, 0.29) is 30.8 Å². The minimum atomic E-state index is -0.257. The van der Waals surface area contributed by atoms with Crippen LogP contribution in [0.1, 0.15) is 18.4 Å². The van der Waals surface area contributed by atoms with Crippen molar-refractivity contribution in [3.05, 3.63) is 29.8 Å². The highest BCUT2D eigenvalue weighted by atomic mass is 16.2. The number of hydrogen-bond acceptors (Lipinski definition) is 3. The molecule has 0 radical (unpaired) electrons. The molecule has 1 heterocycles. The lowest BCUT2D eigenvalue weighted by Crippen LogP contribution is -2.42. The third-order valence-corrected chi connectivity index (χ3v) is 3.64. The summed E-state index contributed by atoms with van der Waals surface area (Å²) in [6, 6.07) is 7.45. The molecule has 118 valence electrons. The van der Waals surface area contributed by atoms with Crippen LogP contribution < -0.4 is 5.32 Å². The first-order valence-electron chi connectivity index (χ1n) is 7.34. The number of carbonyl (C=O) groups is 3. The lowest BCUT2D eigenvalue weighted by molar-refractivity contribution is -0.138. The summed E-state index contributed by atoms with van der Waals surface area (Å²) < 4.78 is 0. The number of amides is 3. The molecule has 1 aromatic carbocycles. The molecule has 1 aliphatic heterocycles. The zero-order valence-corrected chi connectivity index (χ0v) is 13.0. The fraction of sp³-hybridized carbons (Fsp3) is 0.438. The Bertz CT molecular complexity index is 569. The Labute approximate surface area is 130 Å². The monoisotopic (exact) mass is 303 g/mol. The number of anilines is 1. The van der Waals surface area contributed by atoms with Gasteiger partial charge in [0.2, 0.25) is 17.7 Å². The van der Waals surface area contributed by atoms with E-state index in [4.69, 9.17) is 0 Å². The van der Waals surface area contributed by atoms with Crippen molar-refractivity contribution < 1.29 is 14.4 Å². The van der Waals surface area contributed by atoms with Crippen LogP contribution in [0.15, 0.2) is 24.3 Å². The van der Waals surface area contributed by atoms with Crippen molar-refractivity contribution in [1.29, 1.82) is 0 Å². The van der Waals surface area contributed by atoms with Gasteiger partial charge in [0.05, 0.1) is 13.1 Å². The second-order valence-corrected chi connectivity index (χ2v) is 5.58.